The normalized spacial score (nSPS) is 16.3. The third-order valence-electron chi connectivity index (χ3n) is 4.34. The number of nitrogens with zero attached hydrogens (tertiary/aromatic N) is 2. The van der Waals surface area contributed by atoms with Crippen molar-refractivity contribution < 1.29 is 9.21 Å². The predicted octanol–water partition coefficient (Wildman–Crippen LogP) is 4.16. The Hall–Kier alpha value is -2.40. The van der Waals surface area contributed by atoms with Gasteiger partial charge in [-0.2, -0.15) is 0 Å². The second-order valence-corrected chi connectivity index (χ2v) is 6.54. The molecule has 1 aromatic carbocycles. The summed E-state index contributed by atoms with van der Waals surface area (Å²) in [7, 11) is 1.86. The van der Waals surface area contributed by atoms with Crippen molar-refractivity contribution in [3.8, 4) is 10.8 Å². The molecule has 0 saturated heterocycles. The van der Waals surface area contributed by atoms with E-state index < -0.39 is 0 Å². The Morgan fingerprint density at radius 2 is 2.17 bits per heavy atom. The average Bonchev–Trinajstić information content (AvgIpc) is 3.32. The third kappa shape index (κ3) is 2.47. The fourth-order valence-corrected chi connectivity index (χ4v) is 3.90. The first kappa shape index (κ1) is 14.2. The molecule has 116 valence electrons. The number of hydrogen-bond donors (Lipinski definition) is 0. The van der Waals surface area contributed by atoms with E-state index in [-0.39, 0.29) is 11.9 Å². The van der Waals surface area contributed by atoms with Crippen LogP contribution in [0.1, 0.15) is 34.1 Å². The molecule has 3 aromatic rings. The summed E-state index contributed by atoms with van der Waals surface area (Å²) in [5, 5.41) is 2.54. The summed E-state index contributed by atoms with van der Waals surface area (Å²) in [6.45, 7) is 0. The monoisotopic (exact) mass is 324 g/mol. The highest BCUT2D eigenvalue weighted by Gasteiger charge is 2.29. The molecule has 0 spiro atoms. The SMILES string of the molecule is CN(C(=O)c1csc(-c2ccco2)n1)C1CCc2ccccc21. The maximum atomic E-state index is 12.8. The van der Waals surface area contributed by atoms with Crippen LogP contribution in [0.25, 0.3) is 10.8 Å². The second-order valence-electron chi connectivity index (χ2n) is 5.68. The number of fused-ring (bicyclic) bond motifs is 1. The van der Waals surface area contributed by atoms with Gasteiger partial charge in [-0.15, -0.1) is 11.3 Å². The number of amides is 1. The molecule has 4 nitrogen and oxygen atoms in total. The van der Waals surface area contributed by atoms with Crippen molar-refractivity contribution in [3.63, 3.8) is 0 Å². The van der Waals surface area contributed by atoms with Crippen molar-refractivity contribution in [2.24, 2.45) is 0 Å². The Morgan fingerprint density at radius 3 is 3.00 bits per heavy atom. The number of furan rings is 1. The summed E-state index contributed by atoms with van der Waals surface area (Å²) in [5.74, 6) is 0.656. The van der Waals surface area contributed by atoms with Gasteiger partial charge in [-0.1, -0.05) is 24.3 Å². The number of rotatable bonds is 3. The number of hydrogen-bond acceptors (Lipinski definition) is 4. The fourth-order valence-electron chi connectivity index (χ4n) is 3.14. The van der Waals surface area contributed by atoms with Crippen LogP contribution in [-0.4, -0.2) is 22.8 Å². The standard InChI is InChI=1S/C18H16N2O2S/c1-20(15-9-8-12-5-2-3-6-13(12)15)18(21)14-11-23-17(19-14)16-7-4-10-22-16/h2-7,10-11,15H,8-9H2,1H3. The number of carbonyl (C=O) groups excluding carboxylic acids is 1. The molecule has 0 N–H and O–H groups in total. The Labute approximate surface area is 138 Å². The molecular formula is C18H16N2O2S. The van der Waals surface area contributed by atoms with E-state index in [4.69, 9.17) is 4.42 Å². The van der Waals surface area contributed by atoms with Crippen molar-refractivity contribution in [1.82, 2.24) is 9.88 Å². The number of benzene rings is 1. The van der Waals surface area contributed by atoms with Gasteiger partial charge in [-0.25, -0.2) is 4.98 Å². The molecule has 1 unspecified atom stereocenters. The van der Waals surface area contributed by atoms with Gasteiger partial charge in [0.1, 0.15) is 5.69 Å². The maximum absolute atomic E-state index is 12.8. The van der Waals surface area contributed by atoms with Gasteiger partial charge in [-0.05, 0) is 36.1 Å². The van der Waals surface area contributed by atoms with E-state index in [1.165, 1.54) is 22.5 Å². The molecule has 1 aliphatic rings. The van der Waals surface area contributed by atoms with Gasteiger partial charge in [-0.3, -0.25) is 4.79 Å². The zero-order valence-electron chi connectivity index (χ0n) is 12.7. The van der Waals surface area contributed by atoms with Crippen LogP contribution < -0.4 is 0 Å². The number of aryl methyl sites for hydroxylation is 1. The van der Waals surface area contributed by atoms with E-state index >= 15 is 0 Å². The first-order chi connectivity index (χ1) is 11.2. The van der Waals surface area contributed by atoms with Gasteiger partial charge in [0, 0.05) is 12.4 Å². The fraction of sp³-hybridized carbons (Fsp3) is 0.222. The summed E-state index contributed by atoms with van der Waals surface area (Å²) in [6, 6.07) is 12.2. The van der Waals surface area contributed by atoms with Gasteiger partial charge in [0.25, 0.3) is 5.91 Å². The van der Waals surface area contributed by atoms with Crippen LogP contribution >= 0.6 is 11.3 Å². The molecule has 0 aliphatic heterocycles. The van der Waals surface area contributed by atoms with E-state index in [0.717, 1.165) is 17.8 Å². The van der Waals surface area contributed by atoms with E-state index in [0.29, 0.717) is 11.5 Å². The minimum absolute atomic E-state index is 0.0410. The van der Waals surface area contributed by atoms with Crippen LogP contribution in [0.4, 0.5) is 0 Å². The average molecular weight is 324 g/mol. The van der Waals surface area contributed by atoms with Crippen LogP contribution in [0, 0.1) is 0 Å². The van der Waals surface area contributed by atoms with Crippen molar-refractivity contribution >= 4 is 17.2 Å². The van der Waals surface area contributed by atoms with Crippen molar-refractivity contribution in [2.45, 2.75) is 18.9 Å². The van der Waals surface area contributed by atoms with Gasteiger partial charge in [0.2, 0.25) is 0 Å². The summed E-state index contributed by atoms with van der Waals surface area (Å²) in [4.78, 5) is 19.0. The zero-order valence-corrected chi connectivity index (χ0v) is 13.5. The van der Waals surface area contributed by atoms with Crippen LogP contribution in [0.15, 0.2) is 52.5 Å². The Balaban J connectivity index is 1.58. The van der Waals surface area contributed by atoms with Crippen LogP contribution in [-0.2, 0) is 6.42 Å². The predicted molar refractivity (Wildman–Crippen MR) is 89.4 cm³/mol. The largest absolute Gasteiger partial charge is 0.462 e. The number of carbonyl (C=O) groups is 1. The third-order valence-corrected chi connectivity index (χ3v) is 5.20. The minimum atomic E-state index is -0.0410. The molecule has 0 radical (unpaired) electrons. The summed E-state index contributed by atoms with van der Waals surface area (Å²) < 4.78 is 5.34. The molecule has 1 atom stereocenters. The number of thiazole rings is 1. The lowest BCUT2D eigenvalue weighted by molar-refractivity contribution is 0.0725. The lowest BCUT2D eigenvalue weighted by Gasteiger charge is -2.24. The van der Waals surface area contributed by atoms with Gasteiger partial charge >= 0.3 is 0 Å². The van der Waals surface area contributed by atoms with E-state index in [1.54, 1.807) is 11.6 Å². The summed E-state index contributed by atoms with van der Waals surface area (Å²) in [5.41, 5.74) is 3.07. The lowest BCUT2D eigenvalue weighted by Crippen LogP contribution is -2.30. The molecule has 5 heteroatoms. The van der Waals surface area contributed by atoms with Crippen LogP contribution in [0.2, 0.25) is 0 Å². The van der Waals surface area contributed by atoms with E-state index in [1.807, 2.05) is 30.1 Å². The molecule has 1 amide bonds. The lowest BCUT2D eigenvalue weighted by atomic mass is 10.1. The molecule has 4 rings (SSSR count). The highest BCUT2D eigenvalue weighted by molar-refractivity contribution is 7.13. The van der Waals surface area contributed by atoms with Gasteiger partial charge in [0.15, 0.2) is 10.8 Å². The van der Waals surface area contributed by atoms with Crippen LogP contribution in [0.5, 0.6) is 0 Å². The topological polar surface area (TPSA) is 46.3 Å². The Bertz CT molecular complexity index is 838. The quantitative estimate of drug-likeness (QED) is 0.726. The highest BCUT2D eigenvalue weighted by atomic mass is 32.1. The van der Waals surface area contributed by atoms with E-state index in [2.05, 4.69) is 23.2 Å². The van der Waals surface area contributed by atoms with Crippen molar-refractivity contribution in [2.75, 3.05) is 7.05 Å². The maximum Gasteiger partial charge on any atom is 0.273 e. The summed E-state index contributed by atoms with van der Waals surface area (Å²) >= 11 is 1.43. The zero-order chi connectivity index (χ0) is 15.8. The smallest absolute Gasteiger partial charge is 0.273 e. The molecular weight excluding hydrogens is 308 g/mol. The molecule has 23 heavy (non-hydrogen) atoms. The van der Waals surface area contributed by atoms with E-state index in [9.17, 15) is 4.79 Å². The van der Waals surface area contributed by atoms with Gasteiger partial charge in [0.05, 0.1) is 12.3 Å². The minimum Gasteiger partial charge on any atom is -0.462 e. The highest BCUT2D eigenvalue weighted by Crippen LogP contribution is 2.35. The first-order valence-corrected chi connectivity index (χ1v) is 8.46. The van der Waals surface area contributed by atoms with Gasteiger partial charge < -0.3 is 9.32 Å². The molecule has 2 heterocycles. The number of aromatic nitrogens is 1. The molecule has 1 aliphatic carbocycles. The Morgan fingerprint density at radius 1 is 1.30 bits per heavy atom. The Kier molecular flexibility index (Phi) is 3.50. The molecule has 0 bridgehead atoms. The molecule has 0 fully saturated rings. The van der Waals surface area contributed by atoms with Crippen molar-refractivity contribution in [1.29, 1.82) is 0 Å². The molecule has 0 saturated carbocycles. The molecule has 2 aromatic heterocycles. The van der Waals surface area contributed by atoms with Crippen molar-refractivity contribution in [3.05, 3.63) is 64.9 Å². The second kappa shape index (κ2) is 5.66. The van der Waals surface area contributed by atoms with Crippen LogP contribution in [0.3, 0.4) is 0 Å². The first-order valence-electron chi connectivity index (χ1n) is 7.58. The summed E-state index contributed by atoms with van der Waals surface area (Å²) in [6.07, 6.45) is 3.60.